The SMILES string of the molecule is CC(C)c1cnc(CCC#N)[nH]1. The van der Waals surface area contributed by atoms with Crippen molar-refractivity contribution in [3.63, 3.8) is 0 Å². The van der Waals surface area contributed by atoms with Crippen molar-refractivity contribution in [3.8, 4) is 6.07 Å². The molecule has 0 radical (unpaired) electrons. The minimum absolute atomic E-state index is 0.480. The molecular formula is C9H13N3. The molecule has 1 aromatic rings. The Hall–Kier alpha value is -1.30. The largest absolute Gasteiger partial charge is 0.346 e. The monoisotopic (exact) mass is 163 g/mol. The lowest BCUT2D eigenvalue weighted by Crippen LogP contribution is -1.89. The molecule has 64 valence electrons. The molecule has 0 aliphatic heterocycles. The highest BCUT2D eigenvalue weighted by Gasteiger charge is 2.02. The molecule has 3 heteroatoms. The number of aromatic amines is 1. The molecule has 0 aliphatic carbocycles. The van der Waals surface area contributed by atoms with Crippen LogP contribution in [-0.4, -0.2) is 9.97 Å². The van der Waals surface area contributed by atoms with Crippen LogP contribution in [0.25, 0.3) is 0 Å². The molecule has 12 heavy (non-hydrogen) atoms. The number of nitrogens with zero attached hydrogens (tertiary/aromatic N) is 2. The van der Waals surface area contributed by atoms with E-state index in [1.54, 1.807) is 0 Å². The number of nitriles is 1. The molecule has 1 heterocycles. The molecule has 0 saturated carbocycles. The Labute approximate surface area is 72.4 Å². The van der Waals surface area contributed by atoms with Gasteiger partial charge in [-0.3, -0.25) is 0 Å². The van der Waals surface area contributed by atoms with Crippen molar-refractivity contribution in [2.45, 2.75) is 32.6 Å². The third kappa shape index (κ3) is 2.09. The molecule has 0 bridgehead atoms. The Balaban J connectivity index is 2.59. The zero-order valence-electron chi connectivity index (χ0n) is 7.46. The summed E-state index contributed by atoms with van der Waals surface area (Å²) in [7, 11) is 0. The van der Waals surface area contributed by atoms with Crippen LogP contribution in [0.2, 0.25) is 0 Å². The van der Waals surface area contributed by atoms with Crippen LogP contribution in [0.5, 0.6) is 0 Å². The van der Waals surface area contributed by atoms with E-state index in [9.17, 15) is 0 Å². The number of H-pyrrole nitrogens is 1. The van der Waals surface area contributed by atoms with E-state index >= 15 is 0 Å². The van der Waals surface area contributed by atoms with Gasteiger partial charge in [0.2, 0.25) is 0 Å². The maximum atomic E-state index is 8.35. The van der Waals surface area contributed by atoms with E-state index in [1.807, 2.05) is 6.20 Å². The van der Waals surface area contributed by atoms with Crippen LogP contribution in [0, 0.1) is 11.3 Å². The van der Waals surface area contributed by atoms with Crippen molar-refractivity contribution in [1.82, 2.24) is 9.97 Å². The van der Waals surface area contributed by atoms with Gasteiger partial charge in [-0.25, -0.2) is 4.98 Å². The fraction of sp³-hybridized carbons (Fsp3) is 0.556. The summed E-state index contributed by atoms with van der Waals surface area (Å²) in [6, 6.07) is 2.09. The van der Waals surface area contributed by atoms with Crippen molar-refractivity contribution in [2.24, 2.45) is 0 Å². The van der Waals surface area contributed by atoms with E-state index in [1.165, 1.54) is 0 Å². The molecule has 3 nitrogen and oxygen atoms in total. The Bertz CT molecular complexity index is 280. The molecule has 0 spiro atoms. The van der Waals surface area contributed by atoms with E-state index in [0.29, 0.717) is 12.3 Å². The fourth-order valence-electron chi connectivity index (χ4n) is 0.973. The molecule has 0 aromatic carbocycles. The Morgan fingerprint density at radius 1 is 1.67 bits per heavy atom. The summed E-state index contributed by atoms with van der Waals surface area (Å²) in [6.45, 7) is 4.23. The van der Waals surface area contributed by atoms with Gasteiger partial charge in [-0.15, -0.1) is 0 Å². The molecule has 1 N–H and O–H groups in total. The van der Waals surface area contributed by atoms with E-state index in [4.69, 9.17) is 5.26 Å². The second kappa shape index (κ2) is 3.91. The lowest BCUT2D eigenvalue weighted by molar-refractivity contribution is 0.817. The van der Waals surface area contributed by atoms with Gasteiger partial charge in [0.1, 0.15) is 5.82 Å². The van der Waals surface area contributed by atoms with Crippen molar-refractivity contribution in [3.05, 3.63) is 17.7 Å². The molecular weight excluding hydrogens is 150 g/mol. The zero-order valence-corrected chi connectivity index (χ0v) is 7.46. The number of hydrogen-bond acceptors (Lipinski definition) is 2. The van der Waals surface area contributed by atoms with Crippen LogP contribution in [-0.2, 0) is 6.42 Å². The minimum atomic E-state index is 0.480. The van der Waals surface area contributed by atoms with Gasteiger partial charge in [0.15, 0.2) is 0 Å². The van der Waals surface area contributed by atoms with Crippen molar-refractivity contribution in [1.29, 1.82) is 5.26 Å². The van der Waals surface area contributed by atoms with Crippen LogP contribution >= 0.6 is 0 Å². The predicted molar refractivity (Wildman–Crippen MR) is 46.6 cm³/mol. The average molecular weight is 163 g/mol. The van der Waals surface area contributed by atoms with Gasteiger partial charge < -0.3 is 4.98 Å². The molecule has 0 aliphatic rings. The number of rotatable bonds is 3. The van der Waals surface area contributed by atoms with Crippen LogP contribution in [0.15, 0.2) is 6.20 Å². The Kier molecular flexibility index (Phi) is 2.87. The predicted octanol–water partition coefficient (Wildman–Crippen LogP) is 1.99. The zero-order chi connectivity index (χ0) is 8.97. The van der Waals surface area contributed by atoms with Gasteiger partial charge >= 0.3 is 0 Å². The van der Waals surface area contributed by atoms with Crippen LogP contribution in [0.4, 0.5) is 0 Å². The summed E-state index contributed by atoms with van der Waals surface area (Å²) >= 11 is 0. The summed E-state index contributed by atoms with van der Waals surface area (Å²) < 4.78 is 0. The smallest absolute Gasteiger partial charge is 0.107 e. The molecule has 0 saturated heterocycles. The standard InChI is InChI=1S/C9H13N3/c1-7(2)8-6-11-9(12-8)4-3-5-10/h6-7H,3-4H2,1-2H3,(H,11,12). The topological polar surface area (TPSA) is 52.5 Å². The average Bonchev–Trinajstić information content (AvgIpc) is 2.48. The van der Waals surface area contributed by atoms with E-state index in [0.717, 1.165) is 17.9 Å². The number of nitrogens with one attached hydrogen (secondary N) is 1. The summed E-state index contributed by atoms with van der Waals surface area (Å²) in [5.74, 6) is 1.40. The third-order valence-corrected chi connectivity index (χ3v) is 1.74. The van der Waals surface area contributed by atoms with Crippen molar-refractivity contribution >= 4 is 0 Å². The normalized spacial score (nSPS) is 10.2. The highest BCUT2D eigenvalue weighted by Crippen LogP contribution is 2.11. The summed E-state index contributed by atoms with van der Waals surface area (Å²) in [5.41, 5.74) is 1.14. The molecule has 1 aromatic heterocycles. The fourth-order valence-corrected chi connectivity index (χ4v) is 0.973. The Morgan fingerprint density at radius 2 is 2.42 bits per heavy atom. The van der Waals surface area contributed by atoms with Crippen molar-refractivity contribution in [2.75, 3.05) is 0 Å². The number of aryl methyl sites for hydroxylation is 1. The van der Waals surface area contributed by atoms with Crippen LogP contribution < -0.4 is 0 Å². The Morgan fingerprint density at radius 3 is 2.92 bits per heavy atom. The third-order valence-electron chi connectivity index (χ3n) is 1.74. The number of aromatic nitrogens is 2. The first-order valence-electron chi connectivity index (χ1n) is 4.14. The molecule has 0 amide bonds. The maximum absolute atomic E-state index is 8.35. The van der Waals surface area contributed by atoms with Gasteiger partial charge in [0, 0.05) is 24.7 Å². The second-order valence-corrected chi connectivity index (χ2v) is 3.10. The van der Waals surface area contributed by atoms with Crippen LogP contribution in [0.1, 0.15) is 37.7 Å². The summed E-state index contributed by atoms with van der Waals surface area (Å²) in [4.78, 5) is 7.35. The number of imidazole rings is 1. The minimum Gasteiger partial charge on any atom is -0.346 e. The molecule has 0 atom stereocenters. The summed E-state index contributed by atoms with van der Waals surface area (Å²) in [5, 5.41) is 8.35. The maximum Gasteiger partial charge on any atom is 0.107 e. The molecule has 0 fully saturated rings. The van der Waals surface area contributed by atoms with Gasteiger partial charge in [0.05, 0.1) is 6.07 Å². The van der Waals surface area contributed by atoms with E-state index < -0.39 is 0 Å². The highest BCUT2D eigenvalue weighted by atomic mass is 14.9. The summed E-state index contributed by atoms with van der Waals surface area (Å²) in [6.07, 6.45) is 3.10. The van der Waals surface area contributed by atoms with Gasteiger partial charge in [0.25, 0.3) is 0 Å². The quantitative estimate of drug-likeness (QED) is 0.740. The van der Waals surface area contributed by atoms with E-state index in [-0.39, 0.29) is 0 Å². The lowest BCUT2D eigenvalue weighted by atomic mass is 10.2. The molecule has 0 unspecified atom stereocenters. The number of hydrogen-bond donors (Lipinski definition) is 1. The van der Waals surface area contributed by atoms with Gasteiger partial charge in [-0.05, 0) is 5.92 Å². The molecule has 1 rings (SSSR count). The van der Waals surface area contributed by atoms with E-state index in [2.05, 4.69) is 29.9 Å². The highest BCUT2D eigenvalue weighted by molar-refractivity contribution is 5.05. The van der Waals surface area contributed by atoms with Gasteiger partial charge in [-0.2, -0.15) is 5.26 Å². The lowest BCUT2D eigenvalue weighted by Gasteiger charge is -1.97. The first kappa shape index (κ1) is 8.79. The second-order valence-electron chi connectivity index (χ2n) is 3.10. The van der Waals surface area contributed by atoms with Crippen molar-refractivity contribution < 1.29 is 0 Å². The first-order valence-corrected chi connectivity index (χ1v) is 4.14. The first-order chi connectivity index (χ1) is 5.74. The van der Waals surface area contributed by atoms with Gasteiger partial charge in [-0.1, -0.05) is 13.8 Å². The van der Waals surface area contributed by atoms with Crippen LogP contribution in [0.3, 0.4) is 0 Å².